The first-order valence-electron chi connectivity index (χ1n) is 7.52. The molecule has 0 aromatic heterocycles. The van der Waals surface area contributed by atoms with Crippen molar-refractivity contribution in [3.05, 3.63) is 53.6 Å². The van der Waals surface area contributed by atoms with Crippen LogP contribution in [0.4, 0.5) is 5.69 Å². The topological polar surface area (TPSA) is 84.5 Å². The lowest BCUT2D eigenvalue weighted by Gasteiger charge is -2.23. The number of ether oxygens (including phenoxy) is 1. The summed E-state index contributed by atoms with van der Waals surface area (Å²) in [6, 6.07) is 12.0. The van der Waals surface area contributed by atoms with E-state index in [9.17, 15) is 13.2 Å². The highest BCUT2D eigenvalue weighted by molar-refractivity contribution is 7.89. The molecule has 0 saturated heterocycles. The second-order valence-electron chi connectivity index (χ2n) is 5.67. The Labute approximate surface area is 140 Å². The van der Waals surface area contributed by atoms with Gasteiger partial charge in [0.2, 0.25) is 10.0 Å². The SMILES string of the molecule is Cc1ccccc1S(=O)(=O)NCc1ccc2c(c1)NC(=O)C(C)O2. The molecule has 1 amide bonds. The Hall–Kier alpha value is -2.38. The Morgan fingerprint density at radius 1 is 1.21 bits per heavy atom. The summed E-state index contributed by atoms with van der Waals surface area (Å²) < 4.78 is 32.9. The number of nitrogens with one attached hydrogen (secondary N) is 2. The van der Waals surface area contributed by atoms with Crippen LogP contribution >= 0.6 is 0 Å². The van der Waals surface area contributed by atoms with Crippen molar-refractivity contribution >= 4 is 21.6 Å². The molecule has 0 radical (unpaired) electrons. The third-order valence-electron chi connectivity index (χ3n) is 3.82. The van der Waals surface area contributed by atoms with Crippen molar-refractivity contribution in [2.75, 3.05) is 5.32 Å². The number of rotatable bonds is 4. The van der Waals surface area contributed by atoms with E-state index in [1.165, 1.54) is 0 Å². The van der Waals surface area contributed by atoms with Crippen molar-refractivity contribution in [3.63, 3.8) is 0 Å². The maximum absolute atomic E-state index is 12.4. The molecule has 0 bridgehead atoms. The molecule has 1 aliphatic rings. The fourth-order valence-electron chi connectivity index (χ4n) is 2.48. The van der Waals surface area contributed by atoms with Crippen LogP contribution in [0, 0.1) is 6.92 Å². The van der Waals surface area contributed by atoms with E-state index in [1.807, 2.05) is 0 Å². The Bertz CT molecular complexity index is 893. The van der Waals surface area contributed by atoms with Gasteiger partial charge in [0.05, 0.1) is 10.6 Å². The van der Waals surface area contributed by atoms with Crippen LogP contribution in [-0.2, 0) is 21.4 Å². The van der Waals surface area contributed by atoms with Gasteiger partial charge in [-0.3, -0.25) is 4.79 Å². The van der Waals surface area contributed by atoms with Crippen molar-refractivity contribution in [2.45, 2.75) is 31.4 Å². The van der Waals surface area contributed by atoms with Crippen molar-refractivity contribution in [1.29, 1.82) is 0 Å². The van der Waals surface area contributed by atoms with Gasteiger partial charge in [0, 0.05) is 6.54 Å². The predicted molar refractivity (Wildman–Crippen MR) is 90.4 cm³/mol. The van der Waals surface area contributed by atoms with Gasteiger partial charge in [-0.05, 0) is 43.2 Å². The average Bonchev–Trinajstić information content (AvgIpc) is 2.54. The van der Waals surface area contributed by atoms with Crippen LogP contribution in [-0.4, -0.2) is 20.4 Å². The molecule has 1 unspecified atom stereocenters. The summed E-state index contributed by atoms with van der Waals surface area (Å²) in [5, 5.41) is 2.75. The fraction of sp³-hybridized carbons (Fsp3) is 0.235. The van der Waals surface area contributed by atoms with Crippen molar-refractivity contribution in [3.8, 4) is 5.75 Å². The maximum atomic E-state index is 12.4. The maximum Gasteiger partial charge on any atom is 0.265 e. The summed E-state index contributed by atoms with van der Waals surface area (Å²) in [4.78, 5) is 11.9. The summed E-state index contributed by atoms with van der Waals surface area (Å²) in [5.41, 5.74) is 1.96. The van der Waals surface area contributed by atoms with Gasteiger partial charge < -0.3 is 10.1 Å². The van der Waals surface area contributed by atoms with Gasteiger partial charge in [-0.15, -0.1) is 0 Å². The highest BCUT2D eigenvalue weighted by Gasteiger charge is 2.23. The minimum Gasteiger partial charge on any atom is -0.479 e. The minimum atomic E-state index is -3.60. The number of aryl methyl sites for hydroxylation is 1. The molecule has 1 aliphatic heterocycles. The van der Waals surface area contributed by atoms with Crippen LogP contribution in [0.15, 0.2) is 47.4 Å². The molecular weight excluding hydrogens is 328 g/mol. The zero-order chi connectivity index (χ0) is 17.3. The Balaban J connectivity index is 1.77. The summed E-state index contributed by atoms with van der Waals surface area (Å²) >= 11 is 0. The lowest BCUT2D eigenvalue weighted by molar-refractivity contribution is -0.122. The van der Waals surface area contributed by atoms with Gasteiger partial charge >= 0.3 is 0 Å². The molecule has 0 saturated carbocycles. The van der Waals surface area contributed by atoms with E-state index >= 15 is 0 Å². The van der Waals surface area contributed by atoms with E-state index < -0.39 is 16.1 Å². The van der Waals surface area contributed by atoms with E-state index in [1.54, 1.807) is 56.3 Å². The zero-order valence-corrected chi connectivity index (χ0v) is 14.2. The molecule has 2 aromatic rings. The van der Waals surface area contributed by atoms with Gasteiger partial charge in [-0.2, -0.15) is 0 Å². The third-order valence-corrected chi connectivity index (χ3v) is 5.39. The third kappa shape index (κ3) is 3.27. The van der Waals surface area contributed by atoms with E-state index in [2.05, 4.69) is 10.0 Å². The quantitative estimate of drug-likeness (QED) is 0.889. The molecule has 2 N–H and O–H groups in total. The summed E-state index contributed by atoms with van der Waals surface area (Å²) in [5.74, 6) is 0.354. The van der Waals surface area contributed by atoms with Crippen LogP contribution < -0.4 is 14.8 Å². The monoisotopic (exact) mass is 346 g/mol. The molecule has 0 spiro atoms. The summed E-state index contributed by atoms with van der Waals surface area (Å²) in [6.07, 6.45) is -0.539. The van der Waals surface area contributed by atoms with E-state index in [-0.39, 0.29) is 17.3 Å². The molecule has 6 nitrogen and oxygen atoms in total. The average molecular weight is 346 g/mol. The van der Waals surface area contributed by atoms with E-state index in [4.69, 9.17) is 4.74 Å². The molecular formula is C17H18N2O4S. The van der Waals surface area contributed by atoms with Crippen LogP contribution in [0.1, 0.15) is 18.1 Å². The number of sulfonamides is 1. The normalized spacial score (nSPS) is 16.9. The first-order valence-corrected chi connectivity index (χ1v) is 9.01. The highest BCUT2D eigenvalue weighted by atomic mass is 32.2. The summed E-state index contributed by atoms with van der Waals surface area (Å²) in [6.45, 7) is 3.54. The van der Waals surface area contributed by atoms with E-state index in [0.717, 1.165) is 5.56 Å². The van der Waals surface area contributed by atoms with Crippen molar-refractivity contribution in [1.82, 2.24) is 4.72 Å². The number of hydrogen-bond donors (Lipinski definition) is 2. The zero-order valence-electron chi connectivity index (χ0n) is 13.4. The van der Waals surface area contributed by atoms with Crippen LogP contribution in [0.5, 0.6) is 5.75 Å². The first kappa shape index (κ1) is 16.5. The second kappa shape index (κ2) is 6.26. The smallest absolute Gasteiger partial charge is 0.265 e. The fourth-order valence-corrected chi connectivity index (χ4v) is 3.74. The van der Waals surface area contributed by atoms with E-state index in [0.29, 0.717) is 17.0 Å². The number of carbonyl (C=O) groups excluding carboxylic acids is 1. The van der Waals surface area contributed by atoms with Crippen LogP contribution in [0.3, 0.4) is 0 Å². The number of benzene rings is 2. The van der Waals surface area contributed by atoms with Gasteiger partial charge in [-0.1, -0.05) is 24.3 Å². The number of hydrogen-bond acceptors (Lipinski definition) is 4. The standard InChI is InChI=1S/C17H18N2O4S/c1-11-5-3-4-6-16(11)24(21,22)18-10-13-7-8-15-14(9-13)19-17(20)12(2)23-15/h3-9,12,18H,10H2,1-2H3,(H,19,20). The Morgan fingerprint density at radius 2 is 1.96 bits per heavy atom. The molecule has 126 valence electrons. The van der Waals surface area contributed by atoms with Crippen molar-refractivity contribution < 1.29 is 17.9 Å². The Kier molecular flexibility index (Phi) is 4.29. The predicted octanol–water partition coefficient (Wildman–Crippen LogP) is 2.19. The largest absolute Gasteiger partial charge is 0.479 e. The highest BCUT2D eigenvalue weighted by Crippen LogP contribution is 2.30. The summed E-state index contributed by atoms with van der Waals surface area (Å²) in [7, 11) is -3.60. The number of anilines is 1. The van der Waals surface area contributed by atoms with Gasteiger partial charge in [-0.25, -0.2) is 13.1 Å². The molecule has 7 heteroatoms. The lowest BCUT2D eigenvalue weighted by Crippen LogP contribution is -2.34. The molecule has 0 aliphatic carbocycles. The molecule has 1 heterocycles. The second-order valence-corrected chi connectivity index (χ2v) is 7.41. The van der Waals surface area contributed by atoms with Gasteiger partial charge in [0.15, 0.2) is 6.10 Å². The molecule has 24 heavy (non-hydrogen) atoms. The number of amides is 1. The minimum absolute atomic E-state index is 0.120. The lowest BCUT2D eigenvalue weighted by atomic mass is 10.1. The molecule has 0 fully saturated rings. The molecule has 2 aromatic carbocycles. The Morgan fingerprint density at radius 3 is 2.71 bits per heavy atom. The van der Waals surface area contributed by atoms with Gasteiger partial charge in [0.1, 0.15) is 5.75 Å². The van der Waals surface area contributed by atoms with Crippen LogP contribution in [0.2, 0.25) is 0 Å². The van der Waals surface area contributed by atoms with Crippen molar-refractivity contribution in [2.24, 2.45) is 0 Å². The first-order chi connectivity index (χ1) is 11.4. The number of carbonyl (C=O) groups is 1. The van der Waals surface area contributed by atoms with Crippen LogP contribution in [0.25, 0.3) is 0 Å². The molecule has 1 atom stereocenters. The van der Waals surface area contributed by atoms with Gasteiger partial charge in [0.25, 0.3) is 5.91 Å². The number of fused-ring (bicyclic) bond motifs is 1. The molecule has 3 rings (SSSR count).